The van der Waals surface area contributed by atoms with Gasteiger partial charge >= 0.3 is 0 Å². The number of thioether (sulfide) groups is 1. The molecular weight excluding hydrogens is 428 g/mol. The van der Waals surface area contributed by atoms with Crippen molar-refractivity contribution in [2.24, 2.45) is 7.05 Å². The van der Waals surface area contributed by atoms with Gasteiger partial charge in [-0.2, -0.15) is 0 Å². The number of nitro groups is 1. The predicted molar refractivity (Wildman–Crippen MR) is 121 cm³/mol. The SMILES string of the molecule is Cn1c(SCc2nnc(-c3ccc([N+](=O)[O-])cc3)o2)nnc1-c1ccc(C(C)(C)C)cc1. The maximum absolute atomic E-state index is 10.8. The summed E-state index contributed by atoms with van der Waals surface area (Å²) in [7, 11) is 1.92. The number of nitro benzene ring substituents is 1. The topological polar surface area (TPSA) is 113 Å². The monoisotopic (exact) mass is 450 g/mol. The van der Waals surface area contributed by atoms with Crippen LogP contribution >= 0.6 is 11.8 Å². The first-order valence-electron chi connectivity index (χ1n) is 9.92. The molecule has 4 rings (SSSR count). The molecule has 0 saturated carbocycles. The maximum Gasteiger partial charge on any atom is 0.269 e. The molecule has 0 unspecified atom stereocenters. The van der Waals surface area contributed by atoms with Gasteiger partial charge < -0.3 is 8.98 Å². The summed E-state index contributed by atoms with van der Waals surface area (Å²) in [6.07, 6.45) is 0. The van der Waals surface area contributed by atoms with E-state index in [1.807, 2.05) is 11.6 Å². The molecule has 0 N–H and O–H groups in total. The molecule has 164 valence electrons. The van der Waals surface area contributed by atoms with Gasteiger partial charge in [0.25, 0.3) is 5.69 Å². The van der Waals surface area contributed by atoms with E-state index in [-0.39, 0.29) is 11.1 Å². The number of nitrogens with zero attached hydrogens (tertiary/aromatic N) is 6. The van der Waals surface area contributed by atoms with E-state index in [0.717, 1.165) is 16.5 Å². The Morgan fingerprint density at radius 1 is 0.969 bits per heavy atom. The third-order valence-electron chi connectivity index (χ3n) is 4.96. The molecule has 0 amide bonds. The summed E-state index contributed by atoms with van der Waals surface area (Å²) in [6.45, 7) is 6.55. The van der Waals surface area contributed by atoms with E-state index in [0.29, 0.717) is 23.1 Å². The van der Waals surface area contributed by atoms with Crippen molar-refractivity contribution in [3.8, 4) is 22.8 Å². The van der Waals surface area contributed by atoms with Crippen molar-refractivity contribution >= 4 is 17.4 Å². The lowest BCUT2D eigenvalue weighted by molar-refractivity contribution is -0.384. The molecule has 0 fully saturated rings. The highest BCUT2D eigenvalue weighted by atomic mass is 32.2. The summed E-state index contributed by atoms with van der Waals surface area (Å²) < 4.78 is 7.63. The van der Waals surface area contributed by atoms with Crippen LogP contribution in [0.4, 0.5) is 5.69 Å². The summed E-state index contributed by atoms with van der Waals surface area (Å²) in [6, 6.07) is 14.3. The van der Waals surface area contributed by atoms with Crippen molar-refractivity contribution in [3.05, 3.63) is 70.1 Å². The molecule has 9 nitrogen and oxygen atoms in total. The van der Waals surface area contributed by atoms with Crippen molar-refractivity contribution in [3.63, 3.8) is 0 Å². The molecule has 0 saturated heterocycles. The third-order valence-corrected chi connectivity index (χ3v) is 5.97. The molecular formula is C22H22N6O3S. The molecule has 0 radical (unpaired) electrons. The van der Waals surface area contributed by atoms with Crippen molar-refractivity contribution in [1.29, 1.82) is 0 Å². The van der Waals surface area contributed by atoms with E-state index >= 15 is 0 Å². The van der Waals surface area contributed by atoms with Gasteiger partial charge in [0.1, 0.15) is 0 Å². The Bertz CT molecular complexity index is 1240. The highest BCUT2D eigenvalue weighted by Gasteiger charge is 2.17. The molecule has 0 spiro atoms. The Kier molecular flexibility index (Phi) is 5.79. The smallest absolute Gasteiger partial charge is 0.269 e. The molecule has 0 aliphatic rings. The number of hydrogen-bond acceptors (Lipinski definition) is 8. The quantitative estimate of drug-likeness (QED) is 0.228. The Balaban J connectivity index is 1.44. The Hall–Kier alpha value is -3.53. The van der Waals surface area contributed by atoms with Crippen LogP contribution in [0.3, 0.4) is 0 Å². The van der Waals surface area contributed by atoms with Crippen LogP contribution in [0.2, 0.25) is 0 Å². The Morgan fingerprint density at radius 3 is 2.25 bits per heavy atom. The molecule has 0 atom stereocenters. The van der Waals surface area contributed by atoms with Crippen LogP contribution in [0.15, 0.2) is 58.1 Å². The van der Waals surface area contributed by atoms with Crippen LogP contribution < -0.4 is 0 Å². The summed E-state index contributed by atoms with van der Waals surface area (Å²) in [5, 5.41) is 28.2. The van der Waals surface area contributed by atoms with E-state index in [2.05, 4.69) is 65.4 Å². The van der Waals surface area contributed by atoms with Crippen LogP contribution in [0.1, 0.15) is 32.2 Å². The molecule has 32 heavy (non-hydrogen) atoms. The minimum absolute atomic E-state index is 0.00942. The summed E-state index contributed by atoms with van der Waals surface area (Å²) in [5.74, 6) is 1.95. The number of rotatable bonds is 6. The second-order valence-corrected chi connectivity index (χ2v) is 9.23. The fourth-order valence-electron chi connectivity index (χ4n) is 3.09. The standard InChI is InChI=1S/C22H22N6O3S/c1-22(2,3)16-9-5-14(6-10-16)19-24-26-21(27(19)4)32-13-18-23-25-20(31-18)15-7-11-17(12-8-15)28(29)30/h5-12H,13H2,1-4H3. The fraction of sp³-hybridized carbons (Fsp3) is 0.273. The molecule has 2 aromatic carbocycles. The van der Waals surface area contributed by atoms with Crippen LogP contribution in [0, 0.1) is 10.1 Å². The van der Waals surface area contributed by atoms with Gasteiger partial charge in [-0.25, -0.2) is 0 Å². The van der Waals surface area contributed by atoms with Gasteiger partial charge in [0.05, 0.1) is 10.7 Å². The van der Waals surface area contributed by atoms with Crippen LogP contribution in [-0.2, 0) is 18.2 Å². The molecule has 10 heteroatoms. The first-order chi connectivity index (χ1) is 15.2. The zero-order valence-electron chi connectivity index (χ0n) is 18.1. The van der Waals surface area contributed by atoms with Crippen molar-refractivity contribution in [1.82, 2.24) is 25.0 Å². The van der Waals surface area contributed by atoms with Crippen LogP contribution in [0.25, 0.3) is 22.8 Å². The molecule has 0 bridgehead atoms. The summed E-state index contributed by atoms with van der Waals surface area (Å²) in [4.78, 5) is 10.3. The van der Waals surface area contributed by atoms with Gasteiger partial charge in [-0.3, -0.25) is 10.1 Å². The molecule has 0 aliphatic carbocycles. The van der Waals surface area contributed by atoms with Crippen molar-refractivity contribution < 1.29 is 9.34 Å². The zero-order valence-corrected chi connectivity index (χ0v) is 19.0. The van der Waals surface area contributed by atoms with Gasteiger partial charge in [-0.05, 0) is 23.1 Å². The number of non-ortho nitro benzene ring substituents is 1. The number of aromatic nitrogens is 5. The van der Waals surface area contributed by atoms with Crippen LogP contribution in [0.5, 0.6) is 0 Å². The van der Waals surface area contributed by atoms with E-state index in [1.54, 1.807) is 12.1 Å². The second-order valence-electron chi connectivity index (χ2n) is 8.29. The predicted octanol–water partition coefficient (Wildman–Crippen LogP) is 5.03. The van der Waals surface area contributed by atoms with E-state index < -0.39 is 4.92 Å². The van der Waals surface area contributed by atoms with Gasteiger partial charge in [0.15, 0.2) is 11.0 Å². The number of benzene rings is 2. The number of hydrogen-bond donors (Lipinski definition) is 0. The third kappa shape index (κ3) is 4.54. The molecule has 4 aromatic rings. The van der Waals surface area contributed by atoms with E-state index in [9.17, 15) is 10.1 Å². The second kappa shape index (κ2) is 8.54. The van der Waals surface area contributed by atoms with Gasteiger partial charge in [-0.15, -0.1) is 20.4 Å². The lowest BCUT2D eigenvalue weighted by atomic mass is 9.87. The first kappa shape index (κ1) is 21.7. The molecule has 2 aromatic heterocycles. The normalized spacial score (nSPS) is 11.6. The van der Waals surface area contributed by atoms with Crippen molar-refractivity contribution in [2.75, 3.05) is 0 Å². The highest BCUT2D eigenvalue weighted by Crippen LogP contribution is 2.29. The van der Waals surface area contributed by atoms with Crippen molar-refractivity contribution in [2.45, 2.75) is 37.1 Å². The zero-order chi connectivity index (χ0) is 22.9. The Morgan fingerprint density at radius 2 is 1.62 bits per heavy atom. The minimum atomic E-state index is -0.451. The molecule has 2 heterocycles. The first-order valence-corrected chi connectivity index (χ1v) is 10.9. The largest absolute Gasteiger partial charge is 0.420 e. The average molecular weight is 451 g/mol. The maximum atomic E-state index is 10.8. The van der Waals surface area contributed by atoms with E-state index in [1.165, 1.54) is 29.5 Å². The minimum Gasteiger partial charge on any atom is -0.420 e. The van der Waals surface area contributed by atoms with Gasteiger partial charge in [0, 0.05) is 30.3 Å². The summed E-state index contributed by atoms with van der Waals surface area (Å²) >= 11 is 1.44. The average Bonchev–Trinajstić information content (AvgIpc) is 3.38. The fourth-order valence-corrected chi connectivity index (χ4v) is 3.84. The van der Waals surface area contributed by atoms with Gasteiger partial charge in [0.2, 0.25) is 11.8 Å². The van der Waals surface area contributed by atoms with Gasteiger partial charge in [-0.1, -0.05) is 56.8 Å². The summed E-state index contributed by atoms with van der Waals surface area (Å²) in [5.41, 5.74) is 2.99. The lowest BCUT2D eigenvalue weighted by Gasteiger charge is -2.19. The Labute approximate surface area is 189 Å². The van der Waals surface area contributed by atoms with E-state index in [4.69, 9.17) is 4.42 Å². The lowest BCUT2D eigenvalue weighted by Crippen LogP contribution is -2.10. The highest BCUT2D eigenvalue weighted by molar-refractivity contribution is 7.98. The van der Waals surface area contributed by atoms with Crippen LogP contribution in [-0.4, -0.2) is 29.9 Å². The molecule has 0 aliphatic heterocycles.